The highest BCUT2D eigenvalue weighted by molar-refractivity contribution is 5.93. The third kappa shape index (κ3) is 4.10. The Bertz CT molecular complexity index is 677. The van der Waals surface area contributed by atoms with Crippen LogP contribution in [0.4, 0.5) is 17.6 Å². The SMILES string of the molecule is Cl.N=C(N)c1cc(OC(F)F)n(Cc2ccc(F)cc2F)n1. The summed E-state index contributed by atoms with van der Waals surface area (Å²) in [4.78, 5) is 0. The van der Waals surface area contributed by atoms with Gasteiger partial charge in [-0.1, -0.05) is 6.07 Å². The minimum absolute atomic E-state index is 0. The number of halogens is 5. The van der Waals surface area contributed by atoms with Crippen LogP contribution in [0.3, 0.4) is 0 Å². The van der Waals surface area contributed by atoms with Gasteiger partial charge in [0.15, 0.2) is 0 Å². The standard InChI is InChI=1S/C12H10F4N4O.ClH/c13-7-2-1-6(8(14)3-7)5-20-10(21-12(15)16)4-9(19-20)11(17)18;/h1-4,12H,5H2,(H3,17,18);1H. The molecule has 0 saturated carbocycles. The number of nitrogens with one attached hydrogen (secondary N) is 1. The summed E-state index contributed by atoms with van der Waals surface area (Å²) in [5.74, 6) is -2.44. The van der Waals surface area contributed by atoms with Crippen molar-refractivity contribution in [2.24, 2.45) is 5.73 Å². The van der Waals surface area contributed by atoms with Crippen LogP contribution in [0.2, 0.25) is 0 Å². The molecule has 0 saturated heterocycles. The van der Waals surface area contributed by atoms with E-state index < -0.39 is 24.1 Å². The first-order valence-corrected chi connectivity index (χ1v) is 5.68. The van der Waals surface area contributed by atoms with Crippen LogP contribution in [0.25, 0.3) is 0 Å². The van der Waals surface area contributed by atoms with E-state index in [1.54, 1.807) is 0 Å². The van der Waals surface area contributed by atoms with Gasteiger partial charge < -0.3 is 10.5 Å². The Balaban J connectivity index is 0.00000242. The number of alkyl halides is 2. The predicted molar refractivity (Wildman–Crippen MR) is 72.6 cm³/mol. The molecule has 5 nitrogen and oxygen atoms in total. The number of rotatable bonds is 5. The van der Waals surface area contributed by atoms with Gasteiger partial charge in [0.25, 0.3) is 0 Å². The smallest absolute Gasteiger partial charge is 0.388 e. The molecule has 0 fully saturated rings. The fourth-order valence-electron chi connectivity index (χ4n) is 1.64. The molecule has 0 radical (unpaired) electrons. The van der Waals surface area contributed by atoms with E-state index in [0.29, 0.717) is 6.07 Å². The molecule has 0 amide bonds. The number of amidine groups is 1. The van der Waals surface area contributed by atoms with Gasteiger partial charge in [0.1, 0.15) is 23.2 Å². The number of nitrogen functional groups attached to an aromatic ring is 1. The van der Waals surface area contributed by atoms with E-state index >= 15 is 0 Å². The lowest BCUT2D eigenvalue weighted by Crippen LogP contribution is -2.13. The summed E-state index contributed by atoms with van der Waals surface area (Å²) < 4.78 is 56.1. The largest absolute Gasteiger partial charge is 0.417 e. The van der Waals surface area contributed by atoms with Crippen LogP contribution in [-0.2, 0) is 6.54 Å². The van der Waals surface area contributed by atoms with Crippen LogP contribution >= 0.6 is 12.4 Å². The number of ether oxygens (including phenoxy) is 1. The Morgan fingerprint density at radius 2 is 2.00 bits per heavy atom. The molecule has 1 aromatic heterocycles. The zero-order valence-corrected chi connectivity index (χ0v) is 11.7. The first kappa shape index (κ1) is 17.8. The van der Waals surface area contributed by atoms with Crippen molar-refractivity contribution in [3.8, 4) is 5.88 Å². The van der Waals surface area contributed by atoms with Crippen LogP contribution < -0.4 is 10.5 Å². The zero-order chi connectivity index (χ0) is 15.6. The van der Waals surface area contributed by atoms with Gasteiger partial charge in [-0.2, -0.15) is 13.9 Å². The highest BCUT2D eigenvalue weighted by Gasteiger charge is 2.16. The second-order valence-corrected chi connectivity index (χ2v) is 4.05. The van der Waals surface area contributed by atoms with Crippen LogP contribution in [0.5, 0.6) is 5.88 Å². The molecule has 1 heterocycles. The van der Waals surface area contributed by atoms with Gasteiger partial charge in [-0.05, 0) is 6.07 Å². The molecular weight excluding hydrogens is 328 g/mol. The predicted octanol–water partition coefficient (Wildman–Crippen LogP) is 2.52. The maximum Gasteiger partial charge on any atom is 0.388 e. The normalized spacial score (nSPS) is 10.4. The van der Waals surface area contributed by atoms with Crippen molar-refractivity contribution in [3.05, 3.63) is 47.2 Å². The first-order chi connectivity index (χ1) is 9.86. The lowest BCUT2D eigenvalue weighted by Gasteiger charge is -2.08. The average molecular weight is 339 g/mol. The molecule has 10 heteroatoms. The molecule has 0 bridgehead atoms. The molecule has 2 aromatic rings. The van der Waals surface area contributed by atoms with Gasteiger partial charge in [0.05, 0.1) is 6.54 Å². The fraction of sp³-hybridized carbons (Fsp3) is 0.167. The van der Waals surface area contributed by atoms with Gasteiger partial charge >= 0.3 is 6.61 Å². The molecule has 120 valence electrons. The van der Waals surface area contributed by atoms with Crippen molar-refractivity contribution in [1.29, 1.82) is 5.41 Å². The Morgan fingerprint density at radius 1 is 1.32 bits per heavy atom. The zero-order valence-electron chi connectivity index (χ0n) is 10.9. The minimum atomic E-state index is -3.11. The number of hydrogen-bond donors (Lipinski definition) is 2. The molecule has 1 aromatic carbocycles. The number of benzene rings is 1. The van der Waals surface area contributed by atoms with Gasteiger partial charge in [0, 0.05) is 17.7 Å². The molecule has 2 rings (SSSR count). The van der Waals surface area contributed by atoms with Gasteiger partial charge in [-0.3, -0.25) is 5.41 Å². The van der Waals surface area contributed by atoms with E-state index in [0.717, 1.165) is 22.9 Å². The molecule has 0 atom stereocenters. The fourth-order valence-corrected chi connectivity index (χ4v) is 1.64. The first-order valence-electron chi connectivity index (χ1n) is 5.68. The molecule has 3 N–H and O–H groups in total. The lowest BCUT2D eigenvalue weighted by atomic mass is 10.2. The van der Waals surface area contributed by atoms with E-state index in [2.05, 4.69) is 9.84 Å². The molecule has 22 heavy (non-hydrogen) atoms. The summed E-state index contributed by atoms with van der Waals surface area (Å²) in [7, 11) is 0. The average Bonchev–Trinajstić information content (AvgIpc) is 2.75. The van der Waals surface area contributed by atoms with Gasteiger partial charge in [-0.25, -0.2) is 13.5 Å². The molecule has 0 spiro atoms. The second kappa shape index (κ2) is 7.12. The van der Waals surface area contributed by atoms with E-state index in [1.165, 1.54) is 0 Å². The lowest BCUT2D eigenvalue weighted by molar-refractivity contribution is -0.0556. The summed E-state index contributed by atoms with van der Waals surface area (Å²) in [6.07, 6.45) is 0. The topological polar surface area (TPSA) is 76.9 Å². The monoisotopic (exact) mass is 338 g/mol. The van der Waals surface area contributed by atoms with Crippen molar-refractivity contribution < 1.29 is 22.3 Å². The van der Waals surface area contributed by atoms with E-state index in [9.17, 15) is 17.6 Å². The van der Waals surface area contributed by atoms with Crippen LogP contribution in [0.15, 0.2) is 24.3 Å². The van der Waals surface area contributed by atoms with E-state index in [-0.39, 0.29) is 36.1 Å². The van der Waals surface area contributed by atoms with Crippen LogP contribution in [-0.4, -0.2) is 22.2 Å². The maximum atomic E-state index is 13.6. The number of nitrogens with two attached hydrogens (primary N) is 1. The van der Waals surface area contributed by atoms with Crippen LogP contribution in [0.1, 0.15) is 11.3 Å². The third-order valence-electron chi connectivity index (χ3n) is 2.56. The van der Waals surface area contributed by atoms with Gasteiger partial charge in [0.2, 0.25) is 5.88 Å². The van der Waals surface area contributed by atoms with Crippen molar-refractivity contribution in [2.45, 2.75) is 13.2 Å². The Kier molecular flexibility index (Phi) is 5.75. The molecular formula is C12H11ClF4N4O. The molecule has 0 aliphatic rings. The van der Waals surface area contributed by atoms with Crippen molar-refractivity contribution in [1.82, 2.24) is 9.78 Å². The van der Waals surface area contributed by atoms with Crippen LogP contribution in [0, 0.1) is 17.0 Å². The van der Waals surface area contributed by atoms with E-state index in [4.69, 9.17) is 11.1 Å². The molecule has 0 aliphatic carbocycles. The summed E-state index contributed by atoms with van der Waals surface area (Å²) in [5.41, 5.74) is 5.14. The van der Waals surface area contributed by atoms with Crippen molar-refractivity contribution in [3.63, 3.8) is 0 Å². The summed E-state index contributed by atoms with van der Waals surface area (Å²) in [6, 6.07) is 3.89. The summed E-state index contributed by atoms with van der Waals surface area (Å²) >= 11 is 0. The maximum absolute atomic E-state index is 13.6. The highest BCUT2D eigenvalue weighted by atomic mass is 35.5. The highest BCUT2D eigenvalue weighted by Crippen LogP contribution is 2.19. The Hall–Kier alpha value is -2.29. The quantitative estimate of drug-likeness (QED) is 0.499. The molecule has 0 aliphatic heterocycles. The summed E-state index contributed by atoms with van der Waals surface area (Å²) in [5, 5.41) is 11.0. The minimum Gasteiger partial charge on any atom is -0.417 e. The summed E-state index contributed by atoms with van der Waals surface area (Å²) in [6.45, 7) is -3.39. The number of aromatic nitrogens is 2. The van der Waals surface area contributed by atoms with E-state index in [1.807, 2.05) is 0 Å². The second-order valence-electron chi connectivity index (χ2n) is 4.05. The molecule has 0 unspecified atom stereocenters. The van der Waals surface area contributed by atoms with Crippen molar-refractivity contribution >= 4 is 18.2 Å². The van der Waals surface area contributed by atoms with Crippen molar-refractivity contribution in [2.75, 3.05) is 0 Å². The number of hydrogen-bond acceptors (Lipinski definition) is 3. The Morgan fingerprint density at radius 3 is 2.55 bits per heavy atom. The van der Waals surface area contributed by atoms with Gasteiger partial charge in [-0.15, -0.1) is 12.4 Å². The Labute approximate surface area is 128 Å². The number of nitrogens with zero attached hydrogens (tertiary/aromatic N) is 2. The third-order valence-corrected chi connectivity index (χ3v) is 2.56.